The Hall–Kier alpha value is -1.76. The van der Waals surface area contributed by atoms with Crippen LogP contribution in [0.15, 0.2) is 41.0 Å². The second-order valence-corrected chi connectivity index (χ2v) is 4.90. The number of nitrogens with zero attached hydrogens (tertiary/aromatic N) is 1. The first-order valence-electron chi connectivity index (χ1n) is 5.57. The summed E-state index contributed by atoms with van der Waals surface area (Å²) in [5.41, 5.74) is 4.92. The molecule has 0 radical (unpaired) electrons. The minimum atomic E-state index is -4.42. The Balaban J connectivity index is 2.21. The van der Waals surface area contributed by atoms with E-state index in [0.29, 0.717) is 4.47 Å². The zero-order chi connectivity index (χ0) is 14.8. The number of aromatic nitrogens is 1. The molecule has 0 atom stereocenters. The van der Waals surface area contributed by atoms with Crippen LogP contribution in [0.5, 0.6) is 5.75 Å². The number of nitrogens with two attached hydrogens (primary N) is 1. The van der Waals surface area contributed by atoms with Gasteiger partial charge in [0.05, 0.1) is 5.56 Å². The van der Waals surface area contributed by atoms with Crippen molar-refractivity contribution in [2.45, 2.75) is 12.8 Å². The molecule has 1 heterocycles. The van der Waals surface area contributed by atoms with Gasteiger partial charge in [-0.25, -0.2) is 4.98 Å². The third-order valence-electron chi connectivity index (χ3n) is 2.55. The minimum absolute atomic E-state index is 0.0411. The van der Waals surface area contributed by atoms with Gasteiger partial charge in [-0.1, -0.05) is 18.2 Å². The van der Waals surface area contributed by atoms with Crippen LogP contribution in [-0.4, -0.2) is 4.98 Å². The summed E-state index contributed by atoms with van der Waals surface area (Å²) in [6, 6.07) is 6.79. The number of anilines is 1. The maximum Gasteiger partial charge on any atom is 0.416 e. The number of halogens is 4. The maximum absolute atomic E-state index is 12.8. The monoisotopic (exact) mass is 346 g/mol. The van der Waals surface area contributed by atoms with Gasteiger partial charge in [-0.05, 0) is 28.1 Å². The van der Waals surface area contributed by atoms with Crippen LogP contribution in [0.4, 0.5) is 19.0 Å². The predicted molar refractivity (Wildman–Crippen MR) is 72.1 cm³/mol. The van der Waals surface area contributed by atoms with Crippen molar-refractivity contribution in [2.24, 2.45) is 0 Å². The number of benzene rings is 1. The summed E-state index contributed by atoms with van der Waals surface area (Å²) in [7, 11) is 0. The van der Waals surface area contributed by atoms with Gasteiger partial charge < -0.3 is 10.5 Å². The van der Waals surface area contributed by atoms with E-state index in [1.54, 1.807) is 6.07 Å². The Bertz CT molecular complexity index is 617. The lowest BCUT2D eigenvalue weighted by Gasteiger charge is -2.14. The Morgan fingerprint density at radius 1 is 1.25 bits per heavy atom. The molecule has 0 aliphatic heterocycles. The summed E-state index contributed by atoms with van der Waals surface area (Å²) in [6.07, 6.45) is -2.94. The zero-order valence-corrected chi connectivity index (χ0v) is 11.7. The van der Waals surface area contributed by atoms with Crippen molar-refractivity contribution in [1.29, 1.82) is 0 Å². The van der Waals surface area contributed by atoms with E-state index < -0.39 is 11.7 Å². The van der Waals surface area contributed by atoms with Crippen molar-refractivity contribution < 1.29 is 17.9 Å². The summed E-state index contributed by atoms with van der Waals surface area (Å²) in [4.78, 5) is 3.85. The van der Waals surface area contributed by atoms with Crippen molar-refractivity contribution >= 4 is 21.7 Å². The molecule has 0 fully saturated rings. The molecular formula is C13H10BrF3N2O. The van der Waals surface area contributed by atoms with Crippen LogP contribution >= 0.6 is 15.9 Å². The summed E-state index contributed by atoms with van der Waals surface area (Å²) >= 11 is 3.19. The van der Waals surface area contributed by atoms with Crippen LogP contribution in [0.1, 0.15) is 11.1 Å². The van der Waals surface area contributed by atoms with E-state index in [4.69, 9.17) is 10.5 Å². The molecule has 0 saturated heterocycles. The van der Waals surface area contributed by atoms with Gasteiger partial charge in [0, 0.05) is 16.2 Å². The van der Waals surface area contributed by atoms with Crippen molar-refractivity contribution in [2.75, 3.05) is 5.73 Å². The van der Waals surface area contributed by atoms with E-state index in [9.17, 15) is 13.2 Å². The second kappa shape index (κ2) is 5.70. The minimum Gasteiger partial charge on any atom is -0.485 e. The first kappa shape index (κ1) is 14.6. The topological polar surface area (TPSA) is 48.1 Å². The normalized spacial score (nSPS) is 11.4. The highest BCUT2D eigenvalue weighted by atomic mass is 79.9. The molecule has 2 aromatic rings. The van der Waals surface area contributed by atoms with Crippen LogP contribution in [0, 0.1) is 0 Å². The van der Waals surface area contributed by atoms with Crippen LogP contribution in [-0.2, 0) is 12.8 Å². The van der Waals surface area contributed by atoms with Crippen molar-refractivity contribution in [3.05, 3.63) is 52.1 Å². The third-order valence-corrected chi connectivity index (χ3v) is 2.99. The lowest BCUT2D eigenvalue weighted by molar-refractivity contribution is -0.138. The number of hydrogen-bond donors (Lipinski definition) is 1. The number of ether oxygens (including phenoxy) is 1. The number of alkyl halides is 3. The van der Waals surface area contributed by atoms with E-state index in [1.807, 2.05) is 0 Å². The van der Waals surface area contributed by atoms with Crippen LogP contribution in [0.2, 0.25) is 0 Å². The molecule has 1 aromatic heterocycles. The predicted octanol–water partition coefficient (Wildman–Crippen LogP) is 4.02. The van der Waals surface area contributed by atoms with Gasteiger partial charge in [0.15, 0.2) is 11.6 Å². The fraction of sp³-hybridized carbons (Fsp3) is 0.154. The third kappa shape index (κ3) is 3.41. The van der Waals surface area contributed by atoms with E-state index in [-0.39, 0.29) is 23.7 Å². The van der Waals surface area contributed by atoms with Gasteiger partial charge in [0.1, 0.15) is 6.61 Å². The van der Waals surface area contributed by atoms with Crippen molar-refractivity contribution in [3.8, 4) is 5.75 Å². The molecular weight excluding hydrogens is 337 g/mol. The quantitative estimate of drug-likeness (QED) is 0.912. The molecule has 0 amide bonds. The first-order valence-corrected chi connectivity index (χ1v) is 6.36. The number of rotatable bonds is 3. The standard InChI is InChI=1S/C13H10BrF3N2O/c14-9-5-11(12(18)19-6-9)20-7-8-3-1-2-4-10(8)13(15,16)17/h1-6H,7H2,(H2,18,19). The molecule has 106 valence electrons. The summed E-state index contributed by atoms with van der Waals surface area (Å²) < 4.78 is 44.4. The molecule has 2 N–H and O–H groups in total. The molecule has 0 spiro atoms. The van der Waals surface area contributed by atoms with E-state index in [1.165, 1.54) is 24.4 Å². The fourth-order valence-corrected chi connectivity index (χ4v) is 1.94. The van der Waals surface area contributed by atoms with Crippen molar-refractivity contribution in [1.82, 2.24) is 4.98 Å². The fourth-order valence-electron chi connectivity index (χ4n) is 1.63. The number of hydrogen-bond acceptors (Lipinski definition) is 3. The lowest BCUT2D eigenvalue weighted by Crippen LogP contribution is -2.11. The van der Waals surface area contributed by atoms with Gasteiger partial charge in [-0.3, -0.25) is 0 Å². The van der Waals surface area contributed by atoms with Crippen molar-refractivity contribution in [3.63, 3.8) is 0 Å². The molecule has 0 saturated carbocycles. The molecule has 0 bridgehead atoms. The molecule has 1 aromatic carbocycles. The van der Waals surface area contributed by atoms with Gasteiger partial charge in [-0.2, -0.15) is 13.2 Å². The van der Waals surface area contributed by atoms with Crippen LogP contribution in [0.25, 0.3) is 0 Å². The van der Waals surface area contributed by atoms with Gasteiger partial charge in [0.2, 0.25) is 0 Å². The van der Waals surface area contributed by atoms with Crippen LogP contribution in [0.3, 0.4) is 0 Å². The van der Waals surface area contributed by atoms with E-state index in [0.717, 1.165) is 6.07 Å². The average Bonchev–Trinajstić information content (AvgIpc) is 2.39. The smallest absolute Gasteiger partial charge is 0.416 e. The highest BCUT2D eigenvalue weighted by Gasteiger charge is 2.33. The highest BCUT2D eigenvalue weighted by molar-refractivity contribution is 9.10. The molecule has 3 nitrogen and oxygen atoms in total. The van der Waals surface area contributed by atoms with E-state index >= 15 is 0 Å². The summed E-state index contributed by atoms with van der Waals surface area (Å²) in [5, 5.41) is 0. The Morgan fingerprint density at radius 2 is 1.95 bits per heavy atom. The molecule has 0 unspecified atom stereocenters. The SMILES string of the molecule is Nc1ncc(Br)cc1OCc1ccccc1C(F)(F)F. The Morgan fingerprint density at radius 3 is 2.65 bits per heavy atom. The van der Waals surface area contributed by atoms with Crippen LogP contribution < -0.4 is 10.5 Å². The molecule has 2 rings (SSSR count). The largest absolute Gasteiger partial charge is 0.485 e. The molecule has 0 aliphatic rings. The Labute approximate surface area is 121 Å². The van der Waals surface area contributed by atoms with Gasteiger partial charge in [-0.15, -0.1) is 0 Å². The number of pyridine rings is 1. The van der Waals surface area contributed by atoms with E-state index in [2.05, 4.69) is 20.9 Å². The maximum atomic E-state index is 12.8. The molecule has 0 aliphatic carbocycles. The molecule has 7 heteroatoms. The lowest BCUT2D eigenvalue weighted by atomic mass is 10.1. The Kier molecular flexibility index (Phi) is 4.17. The summed E-state index contributed by atoms with van der Waals surface area (Å²) in [5.74, 6) is 0.356. The van der Waals surface area contributed by atoms with Gasteiger partial charge >= 0.3 is 6.18 Å². The second-order valence-electron chi connectivity index (χ2n) is 3.98. The average molecular weight is 347 g/mol. The van der Waals surface area contributed by atoms with Gasteiger partial charge in [0.25, 0.3) is 0 Å². The molecule has 20 heavy (non-hydrogen) atoms. The highest BCUT2D eigenvalue weighted by Crippen LogP contribution is 2.32. The zero-order valence-electron chi connectivity index (χ0n) is 10.1. The number of nitrogen functional groups attached to an aromatic ring is 1. The summed E-state index contributed by atoms with van der Waals surface area (Å²) in [6.45, 7) is -0.238. The first-order chi connectivity index (χ1) is 9.38.